The largest absolute Gasteiger partial charge is 0.325 e. The van der Waals surface area contributed by atoms with Crippen LogP contribution in [-0.4, -0.2) is 5.91 Å². The van der Waals surface area contributed by atoms with E-state index >= 15 is 0 Å². The van der Waals surface area contributed by atoms with Gasteiger partial charge in [-0.15, -0.1) is 11.3 Å². The van der Waals surface area contributed by atoms with Gasteiger partial charge >= 0.3 is 0 Å². The fraction of sp³-hybridized carbons (Fsp3) is 0.500. The molecule has 0 bridgehead atoms. The molecule has 1 aromatic rings. The third-order valence-electron chi connectivity index (χ3n) is 2.44. The van der Waals surface area contributed by atoms with Crippen molar-refractivity contribution >= 4 is 22.9 Å². The van der Waals surface area contributed by atoms with Crippen LogP contribution >= 0.6 is 11.3 Å². The molecule has 1 aliphatic rings. The van der Waals surface area contributed by atoms with E-state index in [0.29, 0.717) is 0 Å². The lowest BCUT2D eigenvalue weighted by Gasteiger charge is -2.04. The number of thiophene rings is 1. The number of amides is 1. The van der Waals surface area contributed by atoms with Gasteiger partial charge in [-0.3, -0.25) is 4.79 Å². The highest BCUT2D eigenvalue weighted by Crippen LogP contribution is 2.31. The minimum absolute atomic E-state index is 0.153. The number of hydrogen-bond donors (Lipinski definition) is 1. The molecule has 0 fully saturated rings. The predicted molar refractivity (Wildman–Crippen MR) is 55.2 cm³/mol. The van der Waals surface area contributed by atoms with Crippen molar-refractivity contribution in [3.05, 3.63) is 15.8 Å². The highest BCUT2D eigenvalue weighted by Gasteiger charge is 2.20. The average Bonchev–Trinajstić information content (AvgIpc) is 2.36. The Morgan fingerprint density at radius 2 is 2.38 bits per heavy atom. The van der Waals surface area contributed by atoms with Crippen molar-refractivity contribution in [2.45, 2.75) is 26.7 Å². The van der Waals surface area contributed by atoms with E-state index in [1.54, 1.807) is 11.3 Å². The molecular formula is C10H13NOS. The van der Waals surface area contributed by atoms with Crippen LogP contribution < -0.4 is 5.32 Å². The Kier molecular flexibility index (Phi) is 2.12. The summed E-state index contributed by atoms with van der Waals surface area (Å²) in [6.45, 7) is 4.06. The Balaban J connectivity index is 2.33. The number of rotatable bonds is 0. The summed E-state index contributed by atoms with van der Waals surface area (Å²) in [6.07, 6.45) is 2.01. The lowest BCUT2D eigenvalue weighted by Crippen LogP contribution is -2.18. The van der Waals surface area contributed by atoms with Crippen LogP contribution in [0.4, 0.5) is 5.69 Å². The van der Waals surface area contributed by atoms with Gasteiger partial charge in [0, 0.05) is 15.7 Å². The molecule has 2 heterocycles. The number of nitrogens with one attached hydrogen (secondary N) is 1. The van der Waals surface area contributed by atoms with Crippen LogP contribution in [0.3, 0.4) is 0 Å². The van der Waals surface area contributed by atoms with Gasteiger partial charge in [-0.1, -0.05) is 6.92 Å². The van der Waals surface area contributed by atoms with E-state index in [1.807, 2.05) is 6.92 Å². The van der Waals surface area contributed by atoms with E-state index in [4.69, 9.17) is 0 Å². The van der Waals surface area contributed by atoms with Crippen LogP contribution in [0.15, 0.2) is 6.07 Å². The van der Waals surface area contributed by atoms with Gasteiger partial charge < -0.3 is 5.32 Å². The number of hydrogen-bond acceptors (Lipinski definition) is 2. The summed E-state index contributed by atoms with van der Waals surface area (Å²) >= 11 is 1.79. The number of carbonyl (C=O) groups is 1. The lowest BCUT2D eigenvalue weighted by molar-refractivity contribution is -0.119. The zero-order chi connectivity index (χ0) is 9.42. The highest BCUT2D eigenvalue weighted by atomic mass is 32.1. The zero-order valence-corrected chi connectivity index (χ0v) is 8.70. The van der Waals surface area contributed by atoms with Gasteiger partial charge in [-0.2, -0.15) is 0 Å². The maximum atomic E-state index is 11.5. The van der Waals surface area contributed by atoms with Crippen molar-refractivity contribution in [3.8, 4) is 0 Å². The van der Waals surface area contributed by atoms with Crippen molar-refractivity contribution in [1.29, 1.82) is 0 Å². The first-order chi connectivity index (χ1) is 6.16. The molecule has 70 valence electrons. The molecule has 0 radical (unpaired) electrons. The van der Waals surface area contributed by atoms with Crippen LogP contribution in [0.2, 0.25) is 0 Å². The summed E-state index contributed by atoms with van der Waals surface area (Å²) in [4.78, 5) is 14.1. The van der Waals surface area contributed by atoms with Crippen LogP contribution in [0.5, 0.6) is 0 Å². The number of aryl methyl sites for hydroxylation is 2. The van der Waals surface area contributed by atoms with E-state index in [2.05, 4.69) is 18.3 Å². The van der Waals surface area contributed by atoms with Gasteiger partial charge in [0.2, 0.25) is 5.91 Å². The summed E-state index contributed by atoms with van der Waals surface area (Å²) in [5.41, 5.74) is 1.04. The molecule has 2 nitrogen and oxygen atoms in total. The summed E-state index contributed by atoms with van der Waals surface area (Å²) in [5.74, 6) is 0.316. The maximum absolute atomic E-state index is 11.5. The van der Waals surface area contributed by atoms with Gasteiger partial charge in [0.25, 0.3) is 0 Å². The predicted octanol–water partition coefficient (Wildman–Crippen LogP) is 2.58. The first kappa shape index (κ1) is 8.75. The standard InChI is InChI=1S/C10H13NOS/c1-6-3-4-9-8(11-10(6)12)5-7(2)13-9/h5-6H,3-4H2,1-2H3,(H,11,12). The Morgan fingerprint density at radius 3 is 3.15 bits per heavy atom. The van der Waals surface area contributed by atoms with Crippen molar-refractivity contribution in [3.63, 3.8) is 0 Å². The number of fused-ring (bicyclic) bond motifs is 1. The van der Waals surface area contributed by atoms with E-state index in [-0.39, 0.29) is 11.8 Å². The van der Waals surface area contributed by atoms with E-state index in [0.717, 1.165) is 18.5 Å². The summed E-state index contributed by atoms with van der Waals surface area (Å²) < 4.78 is 0. The minimum atomic E-state index is 0.153. The van der Waals surface area contributed by atoms with E-state index in [1.165, 1.54) is 9.75 Å². The molecule has 1 aliphatic heterocycles. The normalized spacial score (nSPS) is 22.0. The molecule has 1 N–H and O–H groups in total. The Bertz CT molecular complexity index is 343. The molecule has 0 saturated heterocycles. The molecule has 1 unspecified atom stereocenters. The van der Waals surface area contributed by atoms with Gasteiger partial charge in [0.1, 0.15) is 0 Å². The third-order valence-corrected chi connectivity index (χ3v) is 3.55. The summed E-state index contributed by atoms with van der Waals surface area (Å²) in [5, 5.41) is 2.96. The topological polar surface area (TPSA) is 29.1 Å². The smallest absolute Gasteiger partial charge is 0.227 e. The molecular weight excluding hydrogens is 182 g/mol. The van der Waals surface area contributed by atoms with Crippen LogP contribution in [0.1, 0.15) is 23.1 Å². The van der Waals surface area contributed by atoms with Crippen LogP contribution in [0.25, 0.3) is 0 Å². The fourth-order valence-electron chi connectivity index (χ4n) is 1.59. The maximum Gasteiger partial charge on any atom is 0.227 e. The minimum Gasteiger partial charge on any atom is -0.325 e. The molecule has 2 rings (SSSR count). The van der Waals surface area contributed by atoms with Gasteiger partial charge in [0.15, 0.2) is 0 Å². The monoisotopic (exact) mass is 195 g/mol. The molecule has 0 saturated carbocycles. The quantitative estimate of drug-likeness (QED) is 0.677. The first-order valence-corrected chi connectivity index (χ1v) is 5.38. The Labute approximate surface area is 82.0 Å². The van der Waals surface area contributed by atoms with Crippen LogP contribution in [-0.2, 0) is 11.2 Å². The summed E-state index contributed by atoms with van der Waals surface area (Å²) in [7, 11) is 0. The Hall–Kier alpha value is -0.830. The molecule has 0 aliphatic carbocycles. The SMILES string of the molecule is Cc1cc2c(s1)CCC(C)C(=O)N2. The zero-order valence-electron chi connectivity index (χ0n) is 7.89. The Morgan fingerprint density at radius 1 is 1.62 bits per heavy atom. The van der Waals surface area contributed by atoms with Crippen molar-refractivity contribution < 1.29 is 4.79 Å². The molecule has 1 amide bonds. The van der Waals surface area contributed by atoms with Crippen molar-refractivity contribution in [2.75, 3.05) is 5.32 Å². The molecule has 0 spiro atoms. The van der Waals surface area contributed by atoms with Gasteiger partial charge in [0.05, 0.1) is 5.69 Å². The van der Waals surface area contributed by atoms with E-state index < -0.39 is 0 Å². The fourth-order valence-corrected chi connectivity index (χ4v) is 2.59. The average molecular weight is 195 g/mol. The highest BCUT2D eigenvalue weighted by molar-refractivity contribution is 7.12. The van der Waals surface area contributed by atoms with Gasteiger partial charge in [-0.05, 0) is 25.8 Å². The number of anilines is 1. The third kappa shape index (κ3) is 1.61. The molecule has 0 aromatic carbocycles. The summed E-state index contributed by atoms with van der Waals surface area (Å²) in [6, 6.07) is 2.07. The van der Waals surface area contributed by atoms with Crippen molar-refractivity contribution in [1.82, 2.24) is 0 Å². The van der Waals surface area contributed by atoms with Crippen molar-refractivity contribution in [2.24, 2.45) is 5.92 Å². The molecule has 1 atom stereocenters. The van der Waals surface area contributed by atoms with Gasteiger partial charge in [-0.25, -0.2) is 0 Å². The molecule has 3 heteroatoms. The first-order valence-electron chi connectivity index (χ1n) is 4.57. The van der Waals surface area contributed by atoms with E-state index in [9.17, 15) is 4.79 Å². The number of carbonyl (C=O) groups excluding carboxylic acids is 1. The second-order valence-electron chi connectivity index (χ2n) is 3.62. The second kappa shape index (κ2) is 3.14. The second-order valence-corrected chi connectivity index (χ2v) is 4.96. The molecule has 1 aromatic heterocycles. The van der Waals surface area contributed by atoms with Crippen LogP contribution in [0, 0.1) is 12.8 Å². The lowest BCUT2D eigenvalue weighted by atomic mass is 10.1. The molecule has 13 heavy (non-hydrogen) atoms.